The van der Waals surface area contributed by atoms with Crippen LogP contribution in [-0.4, -0.2) is 17.2 Å². The van der Waals surface area contributed by atoms with E-state index in [9.17, 15) is 9.90 Å². The first kappa shape index (κ1) is 15.1. The van der Waals surface area contributed by atoms with E-state index in [1.165, 1.54) is 0 Å². The molecular formula is C21H16N2O2. The van der Waals surface area contributed by atoms with Crippen molar-refractivity contribution in [2.75, 3.05) is 0 Å². The highest BCUT2D eigenvalue weighted by Gasteiger charge is 2.32. The highest BCUT2D eigenvalue weighted by molar-refractivity contribution is 5.97. The highest BCUT2D eigenvalue weighted by Crippen LogP contribution is 2.39. The molecule has 3 aromatic rings. The summed E-state index contributed by atoms with van der Waals surface area (Å²) in [6, 6.07) is 18.6. The number of fused-ring (bicyclic) bond motifs is 1. The Labute approximate surface area is 144 Å². The summed E-state index contributed by atoms with van der Waals surface area (Å²) < 4.78 is 0. The van der Waals surface area contributed by atoms with E-state index in [2.05, 4.69) is 6.07 Å². The molecule has 25 heavy (non-hydrogen) atoms. The number of hydrogen-bond donors (Lipinski definition) is 2. The van der Waals surface area contributed by atoms with Crippen molar-refractivity contribution in [1.82, 2.24) is 0 Å². The Hall–Kier alpha value is -3.40. The average molecular weight is 328 g/mol. The number of nitrogens with zero attached hydrogens (tertiary/aromatic N) is 1. The second-order valence-electron chi connectivity index (χ2n) is 6.09. The quantitative estimate of drug-likeness (QED) is 0.772. The van der Waals surface area contributed by atoms with Crippen LogP contribution in [0.5, 0.6) is 5.75 Å². The van der Waals surface area contributed by atoms with Crippen molar-refractivity contribution in [1.29, 1.82) is 0 Å². The highest BCUT2D eigenvalue weighted by atomic mass is 16.3. The van der Waals surface area contributed by atoms with Crippen LogP contribution in [0.15, 0.2) is 77.8 Å². The van der Waals surface area contributed by atoms with Gasteiger partial charge in [-0.15, -0.1) is 0 Å². The Morgan fingerprint density at radius 2 is 1.60 bits per heavy atom. The lowest BCUT2D eigenvalue weighted by Gasteiger charge is -2.26. The second kappa shape index (κ2) is 5.60. The second-order valence-corrected chi connectivity index (χ2v) is 6.09. The summed E-state index contributed by atoms with van der Waals surface area (Å²) in [4.78, 5) is 16.1. The number of hydrogen-bond acceptors (Lipinski definition) is 3. The van der Waals surface area contributed by atoms with Gasteiger partial charge in [-0.3, -0.25) is 9.79 Å². The molecule has 1 amide bonds. The van der Waals surface area contributed by atoms with Gasteiger partial charge in [0.15, 0.2) is 0 Å². The summed E-state index contributed by atoms with van der Waals surface area (Å²) in [7, 11) is 0. The fourth-order valence-electron chi connectivity index (χ4n) is 3.25. The number of rotatable bonds is 3. The van der Waals surface area contributed by atoms with Gasteiger partial charge in [-0.2, -0.15) is 0 Å². The smallest absolute Gasteiger partial charge is 0.248 e. The number of phenols is 1. The van der Waals surface area contributed by atoms with E-state index in [0.29, 0.717) is 5.56 Å². The van der Waals surface area contributed by atoms with Crippen LogP contribution in [-0.2, 0) is 5.54 Å². The van der Waals surface area contributed by atoms with Crippen molar-refractivity contribution in [3.05, 3.63) is 89.5 Å². The normalized spacial score (nSPS) is 18.7. The van der Waals surface area contributed by atoms with E-state index in [1.54, 1.807) is 30.5 Å². The zero-order valence-corrected chi connectivity index (χ0v) is 13.4. The number of carbonyl (C=O) groups excluding carboxylic acids is 1. The van der Waals surface area contributed by atoms with E-state index in [0.717, 1.165) is 21.9 Å². The molecule has 1 heterocycles. The number of phenolic OH excluding ortho intramolecular Hbond substituents is 1. The topological polar surface area (TPSA) is 75.7 Å². The van der Waals surface area contributed by atoms with Crippen LogP contribution >= 0.6 is 0 Å². The number of benzene rings is 3. The van der Waals surface area contributed by atoms with Gasteiger partial charge >= 0.3 is 0 Å². The van der Waals surface area contributed by atoms with Crippen molar-refractivity contribution < 1.29 is 9.90 Å². The standard InChI is InChI=1S/C21H16N2O2/c22-20(25)16-3-2-15-13-18(5-4-14(15)12-16)21(10-1-11-23-21)17-6-8-19(24)9-7-17/h1-13,24H,(H2,22,25). The van der Waals surface area contributed by atoms with Gasteiger partial charge in [0.1, 0.15) is 11.3 Å². The van der Waals surface area contributed by atoms with Gasteiger partial charge in [0.05, 0.1) is 0 Å². The van der Waals surface area contributed by atoms with Crippen molar-refractivity contribution in [3.8, 4) is 5.75 Å². The van der Waals surface area contributed by atoms with Gasteiger partial charge in [0.25, 0.3) is 0 Å². The molecule has 1 atom stereocenters. The molecule has 3 aromatic carbocycles. The van der Waals surface area contributed by atoms with Gasteiger partial charge in [-0.05, 0) is 64.4 Å². The van der Waals surface area contributed by atoms with Gasteiger partial charge in [0.2, 0.25) is 5.91 Å². The fourth-order valence-corrected chi connectivity index (χ4v) is 3.25. The fraction of sp³-hybridized carbons (Fsp3) is 0.0476. The summed E-state index contributed by atoms with van der Waals surface area (Å²) in [6.07, 6.45) is 5.75. The Balaban J connectivity index is 1.87. The number of allylic oxidation sites excluding steroid dienone is 1. The number of aliphatic imine (C=N–C) groups is 1. The molecule has 0 aromatic heterocycles. The molecule has 3 N–H and O–H groups in total. The zero-order chi connectivity index (χ0) is 17.4. The third kappa shape index (κ3) is 2.48. The Morgan fingerprint density at radius 3 is 2.28 bits per heavy atom. The van der Waals surface area contributed by atoms with Gasteiger partial charge in [-0.1, -0.05) is 30.3 Å². The zero-order valence-electron chi connectivity index (χ0n) is 13.4. The SMILES string of the molecule is NC(=O)c1ccc2cc(C3(c4ccc(O)cc4)C=CC=N3)ccc2c1. The van der Waals surface area contributed by atoms with Crippen molar-refractivity contribution in [2.45, 2.75) is 5.54 Å². The van der Waals surface area contributed by atoms with Crippen molar-refractivity contribution in [3.63, 3.8) is 0 Å². The Morgan fingerprint density at radius 1 is 0.920 bits per heavy atom. The predicted octanol–water partition coefficient (Wildman–Crippen LogP) is 3.53. The lowest BCUT2D eigenvalue weighted by Crippen LogP contribution is -2.20. The van der Waals surface area contributed by atoms with Crippen molar-refractivity contribution in [2.24, 2.45) is 10.7 Å². The molecule has 4 nitrogen and oxygen atoms in total. The van der Waals surface area contributed by atoms with E-state index in [1.807, 2.05) is 42.5 Å². The molecular weight excluding hydrogens is 312 g/mol. The van der Waals surface area contributed by atoms with E-state index < -0.39 is 11.4 Å². The molecule has 0 spiro atoms. The van der Waals surface area contributed by atoms with Crippen LogP contribution in [0.1, 0.15) is 21.5 Å². The molecule has 0 bridgehead atoms. The number of aromatic hydroxyl groups is 1. The van der Waals surface area contributed by atoms with Gasteiger partial charge in [0, 0.05) is 11.8 Å². The van der Waals surface area contributed by atoms with Gasteiger partial charge < -0.3 is 10.8 Å². The molecule has 1 aliphatic heterocycles. The molecule has 4 rings (SSSR count). The lowest BCUT2D eigenvalue weighted by molar-refractivity contribution is 0.100. The minimum Gasteiger partial charge on any atom is -0.508 e. The molecule has 122 valence electrons. The summed E-state index contributed by atoms with van der Waals surface area (Å²) in [5.74, 6) is -0.211. The summed E-state index contributed by atoms with van der Waals surface area (Å²) in [5.41, 5.74) is 7.23. The maximum absolute atomic E-state index is 11.4. The summed E-state index contributed by atoms with van der Waals surface area (Å²) in [5, 5.41) is 11.5. The molecule has 0 saturated carbocycles. The van der Waals surface area contributed by atoms with Crippen LogP contribution in [0.25, 0.3) is 10.8 Å². The Kier molecular flexibility index (Phi) is 3.39. The number of carbonyl (C=O) groups is 1. The third-order valence-corrected chi connectivity index (χ3v) is 4.57. The number of nitrogens with two attached hydrogens (primary N) is 1. The van der Waals surface area contributed by atoms with Crippen LogP contribution in [0.2, 0.25) is 0 Å². The van der Waals surface area contributed by atoms with E-state index in [4.69, 9.17) is 10.7 Å². The van der Waals surface area contributed by atoms with E-state index in [-0.39, 0.29) is 5.75 Å². The van der Waals surface area contributed by atoms with Crippen LogP contribution in [0, 0.1) is 0 Å². The Bertz CT molecular complexity index is 1020. The summed E-state index contributed by atoms with van der Waals surface area (Å²) >= 11 is 0. The number of primary amides is 1. The van der Waals surface area contributed by atoms with Crippen LogP contribution in [0.4, 0.5) is 0 Å². The first-order valence-electron chi connectivity index (χ1n) is 7.95. The molecule has 1 unspecified atom stereocenters. The minimum atomic E-state index is -0.607. The largest absolute Gasteiger partial charge is 0.508 e. The first-order chi connectivity index (χ1) is 12.1. The lowest BCUT2D eigenvalue weighted by atomic mass is 9.83. The maximum atomic E-state index is 11.4. The molecule has 0 fully saturated rings. The van der Waals surface area contributed by atoms with Crippen LogP contribution in [0.3, 0.4) is 0 Å². The number of amides is 1. The van der Waals surface area contributed by atoms with Crippen LogP contribution < -0.4 is 5.73 Å². The summed E-state index contributed by atoms with van der Waals surface area (Å²) in [6.45, 7) is 0. The van der Waals surface area contributed by atoms with Gasteiger partial charge in [-0.25, -0.2) is 0 Å². The van der Waals surface area contributed by atoms with E-state index >= 15 is 0 Å². The maximum Gasteiger partial charge on any atom is 0.248 e. The minimum absolute atomic E-state index is 0.224. The first-order valence-corrected chi connectivity index (χ1v) is 7.95. The van der Waals surface area contributed by atoms with Crippen molar-refractivity contribution >= 4 is 22.9 Å². The molecule has 0 saturated heterocycles. The molecule has 0 aliphatic carbocycles. The third-order valence-electron chi connectivity index (χ3n) is 4.57. The predicted molar refractivity (Wildman–Crippen MR) is 99.0 cm³/mol. The molecule has 0 radical (unpaired) electrons. The molecule has 4 heteroatoms. The average Bonchev–Trinajstić information content (AvgIpc) is 3.12. The molecule has 1 aliphatic rings. The monoisotopic (exact) mass is 328 g/mol.